The van der Waals surface area contributed by atoms with E-state index < -0.39 is 0 Å². The molecule has 0 bridgehead atoms. The van der Waals surface area contributed by atoms with Crippen LogP contribution in [-0.2, 0) is 22.3 Å². The monoisotopic (exact) mass is 416 g/mol. The number of methoxy groups -OCH3 is 4. The first kappa shape index (κ1) is 20.6. The molecule has 0 spiro atoms. The quantitative estimate of drug-likeness (QED) is 0.653. The molecule has 2 aliphatic heterocycles. The number of benzene rings is 2. The van der Waals surface area contributed by atoms with Crippen molar-refractivity contribution < 1.29 is 33.2 Å². The maximum atomic E-state index is 5.96. The second kappa shape index (κ2) is 9.02. The summed E-state index contributed by atoms with van der Waals surface area (Å²) in [7, 11) is 6.54. The molecule has 0 saturated carbocycles. The van der Waals surface area contributed by atoms with Crippen molar-refractivity contribution in [2.75, 3.05) is 41.8 Å². The van der Waals surface area contributed by atoms with E-state index >= 15 is 0 Å². The molecule has 162 valence electrons. The lowest BCUT2D eigenvalue weighted by atomic mass is 9.84. The highest BCUT2D eigenvalue weighted by Gasteiger charge is 2.38. The second-order valence-corrected chi connectivity index (χ2v) is 7.49. The molecule has 0 aromatic heterocycles. The first-order valence-electron chi connectivity index (χ1n) is 9.98. The van der Waals surface area contributed by atoms with Gasteiger partial charge in [-0.25, -0.2) is 0 Å². The van der Waals surface area contributed by atoms with Gasteiger partial charge in [-0.3, -0.25) is 0 Å². The summed E-state index contributed by atoms with van der Waals surface area (Å²) >= 11 is 0. The van der Waals surface area contributed by atoms with Gasteiger partial charge in [-0.05, 0) is 54.2 Å². The van der Waals surface area contributed by atoms with Gasteiger partial charge in [0.05, 0.1) is 27.9 Å². The van der Waals surface area contributed by atoms with E-state index in [1.165, 1.54) is 5.56 Å². The lowest BCUT2D eigenvalue weighted by Crippen LogP contribution is -2.25. The average Bonchev–Trinajstić information content (AvgIpc) is 3.39. The van der Waals surface area contributed by atoms with Crippen molar-refractivity contribution in [3.8, 4) is 28.7 Å². The van der Waals surface area contributed by atoms with Crippen molar-refractivity contribution >= 4 is 0 Å². The molecule has 2 aromatic rings. The molecule has 2 heterocycles. The molecule has 4 rings (SSSR count). The molecular weight excluding hydrogens is 388 g/mol. The Morgan fingerprint density at radius 3 is 2.23 bits per heavy atom. The number of hydrogen-bond donors (Lipinski definition) is 0. The Hall–Kier alpha value is -2.64. The van der Waals surface area contributed by atoms with Crippen LogP contribution in [-0.4, -0.2) is 48.1 Å². The summed E-state index contributed by atoms with van der Waals surface area (Å²) in [5.41, 5.74) is 2.28. The normalized spacial score (nSPS) is 22.2. The maximum absolute atomic E-state index is 5.96. The van der Waals surface area contributed by atoms with Crippen LogP contribution in [0.25, 0.3) is 0 Å². The van der Waals surface area contributed by atoms with Crippen molar-refractivity contribution in [1.29, 1.82) is 0 Å². The highest BCUT2D eigenvalue weighted by atomic mass is 16.7. The molecule has 0 radical (unpaired) electrons. The summed E-state index contributed by atoms with van der Waals surface area (Å²) < 4.78 is 39.0. The van der Waals surface area contributed by atoms with Gasteiger partial charge in [0.25, 0.3) is 0 Å². The molecule has 0 aliphatic carbocycles. The van der Waals surface area contributed by atoms with Crippen molar-refractivity contribution in [3.05, 3.63) is 41.5 Å². The standard InChI is InChI=1S/C23H28O7/c1-24-20-10-15(11-21(25-2)22(20)26-3)8-17-16(12-28-23(17)27-4)7-14-5-6-18-19(9-14)30-13-29-18/h5-6,9-11,16-17,23H,7-8,12-13H2,1-4H3/t16-,17+,23-/m0/s1. The van der Waals surface area contributed by atoms with Crippen molar-refractivity contribution in [3.63, 3.8) is 0 Å². The fraction of sp³-hybridized carbons (Fsp3) is 0.478. The molecule has 0 N–H and O–H groups in total. The third-order valence-electron chi connectivity index (χ3n) is 5.79. The molecule has 7 heteroatoms. The predicted molar refractivity (Wildman–Crippen MR) is 110 cm³/mol. The van der Waals surface area contributed by atoms with E-state index in [2.05, 4.69) is 12.1 Å². The van der Waals surface area contributed by atoms with Crippen LogP contribution in [0.1, 0.15) is 11.1 Å². The zero-order valence-corrected chi connectivity index (χ0v) is 17.8. The van der Waals surface area contributed by atoms with Crippen molar-refractivity contribution in [2.24, 2.45) is 11.8 Å². The minimum absolute atomic E-state index is 0.184. The first-order chi connectivity index (χ1) is 14.7. The Bertz CT molecular complexity index is 857. The molecule has 30 heavy (non-hydrogen) atoms. The number of hydrogen-bond acceptors (Lipinski definition) is 7. The highest BCUT2D eigenvalue weighted by Crippen LogP contribution is 2.41. The van der Waals surface area contributed by atoms with Gasteiger partial charge in [-0.1, -0.05) is 6.07 Å². The van der Waals surface area contributed by atoms with Gasteiger partial charge < -0.3 is 33.2 Å². The Morgan fingerprint density at radius 2 is 1.57 bits per heavy atom. The molecule has 0 amide bonds. The fourth-order valence-corrected chi connectivity index (χ4v) is 4.30. The van der Waals surface area contributed by atoms with E-state index in [-0.39, 0.29) is 19.0 Å². The van der Waals surface area contributed by atoms with Crippen LogP contribution in [0.3, 0.4) is 0 Å². The van der Waals surface area contributed by atoms with E-state index in [0.29, 0.717) is 29.8 Å². The minimum Gasteiger partial charge on any atom is -0.493 e. The second-order valence-electron chi connectivity index (χ2n) is 7.49. The number of ether oxygens (including phenoxy) is 7. The fourth-order valence-electron chi connectivity index (χ4n) is 4.30. The lowest BCUT2D eigenvalue weighted by Gasteiger charge is -2.23. The molecule has 1 fully saturated rings. The van der Waals surface area contributed by atoms with E-state index in [1.54, 1.807) is 28.4 Å². The predicted octanol–water partition coefficient (Wildman–Crippen LogP) is 3.46. The zero-order chi connectivity index (χ0) is 21.1. The van der Waals surface area contributed by atoms with Crippen LogP contribution < -0.4 is 23.7 Å². The Kier molecular flexibility index (Phi) is 6.20. The maximum Gasteiger partial charge on any atom is 0.231 e. The molecule has 3 atom stereocenters. The van der Waals surface area contributed by atoms with E-state index in [9.17, 15) is 0 Å². The van der Waals surface area contributed by atoms with Gasteiger partial charge >= 0.3 is 0 Å². The van der Waals surface area contributed by atoms with Crippen LogP contribution in [0.4, 0.5) is 0 Å². The van der Waals surface area contributed by atoms with Crippen LogP contribution in [0.2, 0.25) is 0 Å². The van der Waals surface area contributed by atoms with Gasteiger partial charge in [0.2, 0.25) is 12.5 Å². The Labute approximate surface area is 176 Å². The zero-order valence-electron chi connectivity index (χ0n) is 17.8. The first-order valence-corrected chi connectivity index (χ1v) is 9.98. The van der Waals surface area contributed by atoms with Crippen LogP contribution in [0.5, 0.6) is 28.7 Å². The van der Waals surface area contributed by atoms with Gasteiger partial charge in [0.1, 0.15) is 0 Å². The van der Waals surface area contributed by atoms with E-state index in [4.69, 9.17) is 33.2 Å². The smallest absolute Gasteiger partial charge is 0.231 e. The molecule has 2 aromatic carbocycles. The summed E-state index contributed by atoms with van der Waals surface area (Å²) in [5, 5.41) is 0. The van der Waals surface area contributed by atoms with E-state index in [0.717, 1.165) is 29.9 Å². The Balaban J connectivity index is 1.56. The Morgan fingerprint density at radius 1 is 0.833 bits per heavy atom. The van der Waals surface area contributed by atoms with Gasteiger partial charge in [-0.15, -0.1) is 0 Å². The molecule has 0 unspecified atom stereocenters. The molecular formula is C23H28O7. The summed E-state index contributed by atoms with van der Waals surface area (Å²) in [5.74, 6) is 3.96. The third-order valence-corrected chi connectivity index (χ3v) is 5.79. The molecule has 7 nitrogen and oxygen atoms in total. The van der Waals surface area contributed by atoms with Gasteiger partial charge in [-0.2, -0.15) is 0 Å². The summed E-state index contributed by atoms with van der Waals surface area (Å²) in [4.78, 5) is 0. The molecule has 2 aliphatic rings. The van der Waals surface area contributed by atoms with Crippen molar-refractivity contribution in [1.82, 2.24) is 0 Å². The largest absolute Gasteiger partial charge is 0.493 e. The number of rotatable bonds is 8. The van der Waals surface area contributed by atoms with Crippen LogP contribution in [0.15, 0.2) is 30.3 Å². The summed E-state index contributed by atoms with van der Waals surface area (Å²) in [6.45, 7) is 0.920. The SMILES string of the molecule is COc1cc(C[C@@H]2[C@@H](Cc3ccc4c(c3)OCO4)CO[C@@H]2OC)cc(OC)c1OC. The topological polar surface area (TPSA) is 64.6 Å². The van der Waals surface area contributed by atoms with Crippen molar-refractivity contribution in [2.45, 2.75) is 19.1 Å². The van der Waals surface area contributed by atoms with Crippen LogP contribution in [0, 0.1) is 11.8 Å². The minimum atomic E-state index is -0.261. The summed E-state index contributed by atoms with van der Waals surface area (Å²) in [6, 6.07) is 10.1. The third kappa shape index (κ3) is 4.00. The average molecular weight is 416 g/mol. The van der Waals surface area contributed by atoms with Crippen LogP contribution >= 0.6 is 0 Å². The number of fused-ring (bicyclic) bond motifs is 1. The van der Waals surface area contributed by atoms with Gasteiger partial charge in [0, 0.05) is 13.0 Å². The summed E-state index contributed by atoms with van der Waals surface area (Å²) in [6.07, 6.45) is 1.37. The van der Waals surface area contributed by atoms with E-state index in [1.807, 2.05) is 18.2 Å². The molecule has 1 saturated heterocycles. The highest BCUT2D eigenvalue weighted by molar-refractivity contribution is 5.54. The van der Waals surface area contributed by atoms with Gasteiger partial charge in [0.15, 0.2) is 29.3 Å². The lowest BCUT2D eigenvalue weighted by molar-refractivity contribution is -0.110.